The fraction of sp³-hybridized carbons (Fsp3) is 0.125. The number of anilines is 1. The summed E-state index contributed by atoms with van der Waals surface area (Å²) in [6.07, 6.45) is 0. The zero-order valence-corrected chi connectivity index (χ0v) is 11.6. The van der Waals surface area contributed by atoms with E-state index in [4.69, 9.17) is 4.74 Å². The minimum atomic E-state index is -0.698. The van der Waals surface area contributed by atoms with Crippen LogP contribution in [0, 0.1) is 0 Å². The summed E-state index contributed by atoms with van der Waals surface area (Å²) in [4.78, 5) is 23.5. The lowest BCUT2D eigenvalue weighted by Crippen LogP contribution is -2.35. The van der Waals surface area contributed by atoms with Gasteiger partial charge in [0, 0.05) is 17.8 Å². The second kappa shape index (κ2) is 7.09. The highest BCUT2D eigenvalue weighted by atomic mass is 16.5. The van der Waals surface area contributed by atoms with Crippen LogP contribution in [0.4, 0.5) is 5.69 Å². The van der Waals surface area contributed by atoms with E-state index < -0.39 is 11.8 Å². The fourth-order valence-corrected chi connectivity index (χ4v) is 1.81. The first-order chi connectivity index (χ1) is 10.2. The van der Waals surface area contributed by atoms with Crippen LogP contribution in [0.15, 0.2) is 54.6 Å². The molecule has 2 aromatic rings. The molecule has 0 spiro atoms. The Morgan fingerprint density at radius 1 is 0.952 bits per heavy atom. The van der Waals surface area contributed by atoms with Gasteiger partial charge in [-0.05, 0) is 18.2 Å². The maximum Gasteiger partial charge on any atom is 0.313 e. The third-order valence-electron chi connectivity index (χ3n) is 2.87. The van der Waals surface area contributed by atoms with Crippen molar-refractivity contribution < 1.29 is 14.3 Å². The molecule has 2 rings (SSSR count). The Kier molecular flexibility index (Phi) is 4.93. The van der Waals surface area contributed by atoms with Crippen LogP contribution in [0.3, 0.4) is 0 Å². The molecule has 0 aliphatic heterocycles. The topological polar surface area (TPSA) is 67.4 Å². The number of carbonyl (C=O) groups is 2. The van der Waals surface area contributed by atoms with Crippen LogP contribution in [0.2, 0.25) is 0 Å². The van der Waals surface area contributed by atoms with Crippen molar-refractivity contribution in [2.24, 2.45) is 0 Å². The number of benzene rings is 2. The van der Waals surface area contributed by atoms with Gasteiger partial charge in [-0.2, -0.15) is 0 Å². The number of carbonyl (C=O) groups excluding carboxylic acids is 2. The lowest BCUT2D eigenvalue weighted by molar-refractivity contribution is -0.136. The zero-order chi connectivity index (χ0) is 15.1. The second-order valence-corrected chi connectivity index (χ2v) is 4.31. The first kappa shape index (κ1) is 14.6. The van der Waals surface area contributed by atoms with Crippen LogP contribution < -0.4 is 15.4 Å². The van der Waals surface area contributed by atoms with E-state index in [1.165, 1.54) is 0 Å². The number of amides is 2. The number of nitrogens with one attached hydrogen (secondary N) is 2. The Bertz CT molecular complexity index is 626. The van der Waals surface area contributed by atoms with Gasteiger partial charge >= 0.3 is 11.8 Å². The molecule has 0 saturated heterocycles. The zero-order valence-electron chi connectivity index (χ0n) is 11.6. The van der Waals surface area contributed by atoms with Crippen molar-refractivity contribution >= 4 is 17.5 Å². The van der Waals surface area contributed by atoms with Gasteiger partial charge in [0.15, 0.2) is 0 Å². The molecule has 0 unspecified atom stereocenters. The summed E-state index contributed by atoms with van der Waals surface area (Å²) in [5.74, 6) is -0.720. The van der Waals surface area contributed by atoms with Crippen molar-refractivity contribution in [3.05, 3.63) is 60.2 Å². The molecule has 0 aliphatic rings. The maximum absolute atomic E-state index is 11.8. The highest BCUT2D eigenvalue weighted by molar-refractivity contribution is 6.39. The molecule has 2 amide bonds. The largest absolute Gasteiger partial charge is 0.496 e. The van der Waals surface area contributed by atoms with E-state index in [2.05, 4.69) is 10.6 Å². The molecule has 2 N–H and O–H groups in total. The average molecular weight is 284 g/mol. The van der Waals surface area contributed by atoms with Crippen LogP contribution in [0.25, 0.3) is 0 Å². The Balaban J connectivity index is 1.91. The first-order valence-corrected chi connectivity index (χ1v) is 6.47. The van der Waals surface area contributed by atoms with Crippen molar-refractivity contribution in [1.82, 2.24) is 5.32 Å². The van der Waals surface area contributed by atoms with Crippen LogP contribution in [0.5, 0.6) is 5.75 Å². The highest BCUT2D eigenvalue weighted by Gasteiger charge is 2.13. The summed E-state index contributed by atoms with van der Waals surface area (Å²) >= 11 is 0. The molecular weight excluding hydrogens is 268 g/mol. The van der Waals surface area contributed by atoms with E-state index in [1.807, 2.05) is 24.3 Å². The Morgan fingerprint density at radius 2 is 1.62 bits per heavy atom. The van der Waals surface area contributed by atoms with Gasteiger partial charge in [-0.25, -0.2) is 0 Å². The molecule has 0 heterocycles. The SMILES string of the molecule is COc1ccccc1CNC(=O)C(=O)Nc1ccccc1. The van der Waals surface area contributed by atoms with Gasteiger partial charge in [0.1, 0.15) is 5.75 Å². The minimum Gasteiger partial charge on any atom is -0.496 e. The number of para-hydroxylation sites is 2. The van der Waals surface area contributed by atoms with Crippen molar-refractivity contribution in [3.8, 4) is 5.75 Å². The summed E-state index contributed by atoms with van der Waals surface area (Å²) in [6.45, 7) is 0.227. The van der Waals surface area contributed by atoms with Gasteiger partial charge in [-0.1, -0.05) is 36.4 Å². The summed E-state index contributed by atoms with van der Waals surface area (Å²) in [7, 11) is 1.56. The highest BCUT2D eigenvalue weighted by Crippen LogP contribution is 2.16. The number of hydrogen-bond donors (Lipinski definition) is 2. The van der Waals surface area contributed by atoms with Crippen molar-refractivity contribution in [2.75, 3.05) is 12.4 Å². The van der Waals surface area contributed by atoms with Gasteiger partial charge in [-0.3, -0.25) is 9.59 Å². The molecule has 5 nitrogen and oxygen atoms in total. The third-order valence-corrected chi connectivity index (χ3v) is 2.87. The molecule has 2 aromatic carbocycles. The van der Waals surface area contributed by atoms with Crippen molar-refractivity contribution in [2.45, 2.75) is 6.54 Å². The number of hydrogen-bond acceptors (Lipinski definition) is 3. The van der Waals surface area contributed by atoms with Gasteiger partial charge in [-0.15, -0.1) is 0 Å². The predicted octanol–water partition coefficient (Wildman–Crippen LogP) is 1.95. The molecule has 0 radical (unpaired) electrons. The van der Waals surface area contributed by atoms with E-state index in [1.54, 1.807) is 37.4 Å². The molecule has 0 aromatic heterocycles. The Morgan fingerprint density at radius 3 is 2.33 bits per heavy atom. The van der Waals surface area contributed by atoms with Crippen LogP contribution in [-0.2, 0) is 16.1 Å². The molecule has 0 atom stereocenters. The predicted molar refractivity (Wildman–Crippen MR) is 79.9 cm³/mol. The molecule has 108 valence electrons. The molecule has 21 heavy (non-hydrogen) atoms. The second-order valence-electron chi connectivity index (χ2n) is 4.31. The summed E-state index contributed by atoms with van der Waals surface area (Å²) in [5, 5.41) is 5.09. The van der Waals surface area contributed by atoms with Crippen LogP contribution >= 0.6 is 0 Å². The van der Waals surface area contributed by atoms with Gasteiger partial charge in [0.05, 0.1) is 7.11 Å². The monoisotopic (exact) mass is 284 g/mol. The molecular formula is C16H16N2O3. The quantitative estimate of drug-likeness (QED) is 0.843. The van der Waals surface area contributed by atoms with Gasteiger partial charge < -0.3 is 15.4 Å². The first-order valence-electron chi connectivity index (χ1n) is 6.47. The number of rotatable bonds is 4. The lowest BCUT2D eigenvalue weighted by atomic mass is 10.2. The molecule has 0 saturated carbocycles. The molecule has 5 heteroatoms. The Hall–Kier alpha value is -2.82. The van der Waals surface area contributed by atoms with Crippen LogP contribution in [0.1, 0.15) is 5.56 Å². The Labute approximate surface area is 122 Å². The van der Waals surface area contributed by atoms with E-state index in [9.17, 15) is 9.59 Å². The van der Waals surface area contributed by atoms with Gasteiger partial charge in [0.2, 0.25) is 0 Å². The summed E-state index contributed by atoms with van der Waals surface area (Å²) in [5.41, 5.74) is 1.39. The normalized spacial score (nSPS) is 9.76. The minimum absolute atomic E-state index is 0.227. The number of ether oxygens (including phenoxy) is 1. The van der Waals surface area contributed by atoms with Crippen LogP contribution in [-0.4, -0.2) is 18.9 Å². The smallest absolute Gasteiger partial charge is 0.313 e. The van der Waals surface area contributed by atoms with E-state index in [-0.39, 0.29) is 6.54 Å². The molecule has 0 fully saturated rings. The molecule has 0 aliphatic carbocycles. The van der Waals surface area contributed by atoms with E-state index >= 15 is 0 Å². The van der Waals surface area contributed by atoms with Crippen molar-refractivity contribution in [1.29, 1.82) is 0 Å². The molecule has 0 bridgehead atoms. The summed E-state index contributed by atoms with van der Waals surface area (Å²) in [6, 6.07) is 16.1. The summed E-state index contributed by atoms with van der Waals surface area (Å²) < 4.78 is 5.18. The maximum atomic E-state index is 11.8. The average Bonchev–Trinajstić information content (AvgIpc) is 2.53. The van der Waals surface area contributed by atoms with E-state index in [0.717, 1.165) is 5.56 Å². The van der Waals surface area contributed by atoms with Crippen molar-refractivity contribution in [3.63, 3.8) is 0 Å². The fourth-order valence-electron chi connectivity index (χ4n) is 1.81. The van der Waals surface area contributed by atoms with E-state index in [0.29, 0.717) is 11.4 Å². The standard InChI is InChI=1S/C16H16N2O3/c1-21-14-10-6-5-7-12(14)11-17-15(19)16(20)18-13-8-3-2-4-9-13/h2-10H,11H2,1H3,(H,17,19)(H,18,20). The van der Waals surface area contributed by atoms with Gasteiger partial charge in [0.25, 0.3) is 0 Å². The number of methoxy groups -OCH3 is 1. The third kappa shape index (κ3) is 4.07. The lowest BCUT2D eigenvalue weighted by Gasteiger charge is -2.09.